The average Bonchev–Trinajstić information content (AvgIpc) is 2.55. The van der Waals surface area contributed by atoms with E-state index >= 15 is 0 Å². The van der Waals surface area contributed by atoms with Gasteiger partial charge in [-0.05, 0) is 61.7 Å². The fraction of sp³-hybridized carbons (Fsp3) is 0.316. The van der Waals surface area contributed by atoms with Crippen LogP contribution in [0.1, 0.15) is 30.5 Å². The largest absolute Gasteiger partial charge is 0.481 e. The molecule has 1 aliphatic rings. The SMILES string of the molecule is Cc1cccc(O[C@H](C)C(=O)N[C@H]2CCSc3ccc(F)cc32)c1. The van der Waals surface area contributed by atoms with E-state index in [2.05, 4.69) is 5.32 Å². The molecular formula is C19H20FNO2S. The Morgan fingerprint density at radius 2 is 2.17 bits per heavy atom. The van der Waals surface area contributed by atoms with Crippen LogP contribution >= 0.6 is 11.8 Å². The minimum Gasteiger partial charge on any atom is -0.481 e. The molecule has 0 aromatic heterocycles. The smallest absolute Gasteiger partial charge is 0.261 e. The Hall–Kier alpha value is -2.01. The standard InChI is InChI=1S/C19H20FNO2S/c1-12-4-3-5-15(10-12)23-13(2)19(22)21-17-8-9-24-18-7-6-14(20)11-16(17)18/h3-7,10-11,13,17H,8-9H2,1-2H3,(H,21,22)/t13-,17+/m1/s1. The predicted octanol–water partition coefficient (Wildman–Crippen LogP) is 4.25. The maximum Gasteiger partial charge on any atom is 0.261 e. The Labute approximate surface area is 145 Å². The van der Waals surface area contributed by atoms with Crippen molar-refractivity contribution in [2.75, 3.05) is 5.75 Å². The van der Waals surface area contributed by atoms with Gasteiger partial charge in [0.1, 0.15) is 11.6 Å². The number of carbonyl (C=O) groups excluding carboxylic acids is 1. The van der Waals surface area contributed by atoms with Gasteiger partial charge in [0.15, 0.2) is 6.10 Å². The zero-order valence-corrected chi connectivity index (χ0v) is 14.5. The van der Waals surface area contributed by atoms with Gasteiger partial charge in [-0.2, -0.15) is 0 Å². The first-order valence-corrected chi connectivity index (χ1v) is 8.97. The highest BCUT2D eigenvalue weighted by Crippen LogP contribution is 2.36. The van der Waals surface area contributed by atoms with Gasteiger partial charge in [0.2, 0.25) is 0 Å². The van der Waals surface area contributed by atoms with Crippen molar-refractivity contribution in [3.8, 4) is 5.75 Å². The zero-order valence-electron chi connectivity index (χ0n) is 13.7. The number of amides is 1. The summed E-state index contributed by atoms with van der Waals surface area (Å²) in [5.41, 5.74) is 1.93. The lowest BCUT2D eigenvalue weighted by molar-refractivity contribution is -0.128. The maximum absolute atomic E-state index is 13.5. The lowest BCUT2D eigenvalue weighted by Crippen LogP contribution is -2.39. The first-order chi connectivity index (χ1) is 11.5. The van der Waals surface area contributed by atoms with Crippen LogP contribution in [-0.2, 0) is 4.79 Å². The molecule has 3 rings (SSSR count). The Morgan fingerprint density at radius 1 is 1.33 bits per heavy atom. The Balaban J connectivity index is 1.68. The summed E-state index contributed by atoms with van der Waals surface area (Å²) in [6.07, 6.45) is 0.169. The van der Waals surface area contributed by atoms with Crippen LogP contribution in [0, 0.1) is 12.7 Å². The lowest BCUT2D eigenvalue weighted by atomic mass is 10.0. The van der Waals surface area contributed by atoms with Crippen LogP contribution in [0.4, 0.5) is 4.39 Å². The first kappa shape index (κ1) is 16.8. The van der Waals surface area contributed by atoms with Crippen molar-refractivity contribution < 1.29 is 13.9 Å². The fourth-order valence-corrected chi connectivity index (χ4v) is 3.86. The molecule has 1 heterocycles. The molecule has 0 radical (unpaired) electrons. The molecule has 2 atom stereocenters. The van der Waals surface area contributed by atoms with Crippen molar-refractivity contribution in [3.63, 3.8) is 0 Å². The van der Waals surface area contributed by atoms with E-state index in [0.717, 1.165) is 28.2 Å². The van der Waals surface area contributed by atoms with Crippen LogP contribution in [0.2, 0.25) is 0 Å². The van der Waals surface area contributed by atoms with E-state index in [1.807, 2.05) is 31.2 Å². The molecule has 1 aliphatic heterocycles. The highest BCUT2D eigenvalue weighted by atomic mass is 32.2. The van der Waals surface area contributed by atoms with Gasteiger partial charge < -0.3 is 10.1 Å². The Bertz CT molecular complexity index is 750. The third-order valence-electron chi connectivity index (χ3n) is 4.00. The Kier molecular flexibility index (Phi) is 5.09. The minimum atomic E-state index is -0.613. The molecule has 0 saturated heterocycles. The average molecular weight is 345 g/mol. The molecule has 24 heavy (non-hydrogen) atoms. The number of hydrogen-bond donors (Lipinski definition) is 1. The molecule has 0 bridgehead atoms. The van der Waals surface area contributed by atoms with Gasteiger partial charge in [0.25, 0.3) is 5.91 Å². The molecule has 0 aliphatic carbocycles. The van der Waals surface area contributed by atoms with Gasteiger partial charge in [0.05, 0.1) is 6.04 Å². The number of rotatable bonds is 4. The summed E-state index contributed by atoms with van der Waals surface area (Å²) in [4.78, 5) is 13.5. The maximum atomic E-state index is 13.5. The third kappa shape index (κ3) is 3.90. The number of halogens is 1. The summed E-state index contributed by atoms with van der Waals surface area (Å²) < 4.78 is 19.3. The second-order valence-electron chi connectivity index (χ2n) is 5.96. The highest BCUT2D eigenvalue weighted by Gasteiger charge is 2.25. The molecule has 2 aromatic rings. The fourth-order valence-electron chi connectivity index (χ4n) is 2.75. The molecule has 3 nitrogen and oxygen atoms in total. The van der Waals surface area contributed by atoms with E-state index in [4.69, 9.17) is 4.74 Å². The van der Waals surface area contributed by atoms with Crippen molar-refractivity contribution in [1.29, 1.82) is 0 Å². The summed E-state index contributed by atoms with van der Waals surface area (Å²) in [6, 6.07) is 12.2. The van der Waals surface area contributed by atoms with Crippen molar-refractivity contribution in [2.24, 2.45) is 0 Å². The van der Waals surface area contributed by atoms with E-state index < -0.39 is 6.10 Å². The van der Waals surface area contributed by atoms with Crippen molar-refractivity contribution in [3.05, 3.63) is 59.4 Å². The third-order valence-corrected chi connectivity index (χ3v) is 5.12. The normalized spacial score (nSPS) is 17.7. The van der Waals surface area contributed by atoms with E-state index in [0.29, 0.717) is 5.75 Å². The Morgan fingerprint density at radius 3 is 2.96 bits per heavy atom. The second kappa shape index (κ2) is 7.26. The van der Waals surface area contributed by atoms with E-state index in [1.54, 1.807) is 24.8 Å². The molecule has 0 saturated carbocycles. The van der Waals surface area contributed by atoms with E-state index in [9.17, 15) is 9.18 Å². The number of fused-ring (bicyclic) bond motifs is 1. The van der Waals surface area contributed by atoms with Gasteiger partial charge in [0, 0.05) is 10.6 Å². The molecule has 1 amide bonds. The second-order valence-corrected chi connectivity index (χ2v) is 7.09. The van der Waals surface area contributed by atoms with Gasteiger partial charge in [-0.3, -0.25) is 4.79 Å². The minimum absolute atomic E-state index is 0.173. The van der Waals surface area contributed by atoms with Crippen molar-refractivity contribution in [2.45, 2.75) is 37.3 Å². The summed E-state index contributed by atoms with van der Waals surface area (Å²) >= 11 is 1.69. The number of nitrogens with one attached hydrogen (secondary N) is 1. The van der Waals surface area contributed by atoms with Gasteiger partial charge >= 0.3 is 0 Å². The molecule has 126 valence electrons. The number of benzene rings is 2. The summed E-state index contributed by atoms with van der Waals surface area (Å²) in [5.74, 6) is 1.10. The van der Waals surface area contributed by atoms with Crippen LogP contribution in [0.25, 0.3) is 0 Å². The first-order valence-electron chi connectivity index (χ1n) is 7.99. The van der Waals surface area contributed by atoms with E-state index in [-0.39, 0.29) is 17.8 Å². The molecule has 2 aromatic carbocycles. The van der Waals surface area contributed by atoms with Gasteiger partial charge in [-0.1, -0.05) is 12.1 Å². The summed E-state index contributed by atoms with van der Waals surface area (Å²) in [6.45, 7) is 3.70. The number of thioether (sulfide) groups is 1. The molecule has 0 unspecified atom stereocenters. The highest BCUT2D eigenvalue weighted by molar-refractivity contribution is 7.99. The van der Waals surface area contributed by atoms with Crippen LogP contribution in [0.15, 0.2) is 47.4 Å². The monoisotopic (exact) mass is 345 g/mol. The van der Waals surface area contributed by atoms with E-state index in [1.165, 1.54) is 12.1 Å². The van der Waals surface area contributed by atoms with Gasteiger partial charge in [-0.25, -0.2) is 4.39 Å². The van der Waals surface area contributed by atoms with Crippen LogP contribution < -0.4 is 10.1 Å². The number of hydrogen-bond acceptors (Lipinski definition) is 3. The van der Waals surface area contributed by atoms with Crippen LogP contribution in [0.3, 0.4) is 0 Å². The van der Waals surface area contributed by atoms with Gasteiger partial charge in [-0.15, -0.1) is 11.8 Å². The van der Waals surface area contributed by atoms with Crippen LogP contribution in [0.5, 0.6) is 5.75 Å². The number of carbonyl (C=O) groups is 1. The number of aryl methyl sites for hydroxylation is 1. The van der Waals surface area contributed by atoms with Crippen LogP contribution in [-0.4, -0.2) is 17.8 Å². The lowest BCUT2D eigenvalue weighted by Gasteiger charge is -2.27. The topological polar surface area (TPSA) is 38.3 Å². The molecule has 0 fully saturated rings. The van der Waals surface area contributed by atoms with Crippen molar-refractivity contribution >= 4 is 17.7 Å². The summed E-state index contributed by atoms with van der Waals surface area (Å²) in [5, 5.41) is 2.99. The predicted molar refractivity (Wildman–Crippen MR) is 93.9 cm³/mol. The molecular weight excluding hydrogens is 325 g/mol. The van der Waals surface area contributed by atoms with Crippen molar-refractivity contribution in [1.82, 2.24) is 5.32 Å². The molecule has 0 spiro atoms. The summed E-state index contributed by atoms with van der Waals surface area (Å²) in [7, 11) is 0. The zero-order chi connectivity index (χ0) is 17.1. The molecule has 1 N–H and O–H groups in total. The molecule has 5 heteroatoms. The quantitative estimate of drug-likeness (QED) is 0.900. The number of ether oxygens (including phenoxy) is 1.